The molecule has 3 heteroatoms. The number of hydrogen-bond donors (Lipinski definition) is 0. The summed E-state index contributed by atoms with van der Waals surface area (Å²) in [5, 5.41) is 0. The molecule has 1 aliphatic heterocycles. The molecule has 4 rings (SSSR count). The molecule has 1 aromatic carbocycles. The number of pyridine rings is 1. The summed E-state index contributed by atoms with van der Waals surface area (Å²) in [6.07, 6.45) is 9.70. The summed E-state index contributed by atoms with van der Waals surface area (Å²) in [6, 6.07) is 9.26. The van der Waals surface area contributed by atoms with E-state index in [4.69, 9.17) is 4.98 Å². The van der Waals surface area contributed by atoms with E-state index in [1.165, 1.54) is 55.3 Å². The number of piperidine rings is 1. The van der Waals surface area contributed by atoms with E-state index in [0.29, 0.717) is 0 Å². The summed E-state index contributed by atoms with van der Waals surface area (Å²) in [6.45, 7) is 4.51. The molecule has 0 saturated carbocycles. The van der Waals surface area contributed by atoms with Gasteiger partial charge in [-0.2, -0.15) is 0 Å². The van der Waals surface area contributed by atoms with Gasteiger partial charge in [-0.15, -0.1) is 0 Å². The first-order chi connectivity index (χ1) is 12.7. The summed E-state index contributed by atoms with van der Waals surface area (Å²) in [7, 11) is 0. The minimum Gasteiger partial charge on any atom is -0.357 e. The van der Waals surface area contributed by atoms with E-state index in [9.17, 15) is 4.39 Å². The quantitative estimate of drug-likeness (QED) is 0.651. The van der Waals surface area contributed by atoms with Crippen molar-refractivity contribution in [3.8, 4) is 11.1 Å². The first-order valence-corrected chi connectivity index (χ1v) is 10.3. The molecule has 26 heavy (non-hydrogen) atoms. The molecule has 2 aromatic rings. The number of rotatable bonds is 3. The van der Waals surface area contributed by atoms with Crippen molar-refractivity contribution in [2.24, 2.45) is 5.92 Å². The summed E-state index contributed by atoms with van der Waals surface area (Å²) in [5.41, 5.74) is 5.06. The lowest BCUT2D eigenvalue weighted by molar-refractivity contribution is 0.393. The molecule has 0 atom stereocenters. The van der Waals surface area contributed by atoms with Gasteiger partial charge >= 0.3 is 0 Å². The first-order valence-electron chi connectivity index (χ1n) is 10.3. The lowest BCUT2D eigenvalue weighted by atomic mass is 9.93. The molecule has 0 spiro atoms. The fourth-order valence-electron chi connectivity index (χ4n) is 4.49. The van der Waals surface area contributed by atoms with E-state index >= 15 is 0 Å². The van der Waals surface area contributed by atoms with E-state index in [-0.39, 0.29) is 5.82 Å². The van der Waals surface area contributed by atoms with Crippen LogP contribution >= 0.6 is 0 Å². The minimum atomic E-state index is -0.171. The molecule has 1 aliphatic carbocycles. The maximum Gasteiger partial charge on any atom is 0.129 e. The van der Waals surface area contributed by atoms with E-state index in [2.05, 4.69) is 17.9 Å². The summed E-state index contributed by atoms with van der Waals surface area (Å²) < 4.78 is 13.4. The van der Waals surface area contributed by atoms with Crippen LogP contribution in [-0.4, -0.2) is 18.1 Å². The third-order valence-corrected chi connectivity index (χ3v) is 6.21. The molecule has 1 aromatic heterocycles. The zero-order chi connectivity index (χ0) is 17.9. The topological polar surface area (TPSA) is 16.1 Å². The fourth-order valence-corrected chi connectivity index (χ4v) is 4.49. The standard InChI is InChI=1S/C23H29FN2/c1-2-17-12-14-26(15-13-17)23-16-21(18-8-10-19(24)11-9-18)20-6-4-3-5-7-22(20)25-23/h8-11,16-17H,2-7,12-15H2,1H3. The van der Waals surface area contributed by atoms with Crippen LogP contribution in [0.25, 0.3) is 11.1 Å². The summed E-state index contributed by atoms with van der Waals surface area (Å²) in [4.78, 5) is 7.57. The second kappa shape index (κ2) is 7.77. The van der Waals surface area contributed by atoms with Crippen LogP contribution in [0.3, 0.4) is 0 Å². The van der Waals surface area contributed by atoms with Crippen LogP contribution < -0.4 is 4.90 Å². The van der Waals surface area contributed by atoms with Gasteiger partial charge in [-0.3, -0.25) is 0 Å². The SMILES string of the molecule is CCC1CCN(c2cc(-c3ccc(F)cc3)c3c(n2)CCCCC3)CC1. The zero-order valence-corrected chi connectivity index (χ0v) is 15.8. The number of halogens is 1. The van der Waals surface area contributed by atoms with Crippen molar-refractivity contribution >= 4 is 5.82 Å². The molecule has 0 unspecified atom stereocenters. The lowest BCUT2D eigenvalue weighted by Crippen LogP contribution is -2.34. The molecule has 2 aliphatic rings. The molecular weight excluding hydrogens is 323 g/mol. The zero-order valence-electron chi connectivity index (χ0n) is 15.8. The fraction of sp³-hybridized carbons (Fsp3) is 0.522. The molecule has 0 amide bonds. The average molecular weight is 352 g/mol. The molecule has 0 bridgehead atoms. The molecule has 0 radical (unpaired) electrons. The van der Waals surface area contributed by atoms with Crippen LogP contribution in [0.4, 0.5) is 10.2 Å². The Kier molecular flexibility index (Phi) is 5.23. The Morgan fingerprint density at radius 2 is 1.77 bits per heavy atom. The largest absolute Gasteiger partial charge is 0.357 e. The van der Waals surface area contributed by atoms with Crippen molar-refractivity contribution in [1.29, 1.82) is 0 Å². The van der Waals surface area contributed by atoms with Crippen LogP contribution in [0.1, 0.15) is 56.7 Å². The number of hydrogen-bond acceptors (Lipinski definition) is 2. The molecule has 1 fully saturated rings. The van der Waals surface area contributed by atoms with Gasteiger partial charge in [0.1, 0.15) is 11.6 Å². The number of benzene rings is 1. The Hall–Kier alpha value is -1.90. The number of anilines is 1. The van der Waals surface area contributed by atoms with Gasteiger partial charge in [0.2, 0.25) is 0 Å². The van der Waals surface area contributed by atoms with Gasteiger partial charge in [0.05, 0.1) is 0 Å². The second-order valence-corrected chi connectivity index (χ2v) is 7.86. The third kappa shape index (κ3) is 3.62. The van der Waals surface area contributed by atoms with Gasteiger partial charge in [0.25, 0.3) is 0 Å². The van der Waals surface area contributed by atoms with Gasteiger partial charge in [0, 0.05) is 18.8 Å². The van der Waals surface area contributed by atoms with Crippen molar-refractivity contribution in [1.82, 2.24) is 4.98 Å². The van der Waals surface area contributed by atoms with Gasteiger partial charge < -0.3 is 4.90 Å². The Labute approximate surface area is 156 Å². The molecule has 138 valence electrons. The highest BCUT2D eigenvalue weighted by atomic mass is 19.1. The third-order valence-electron chi connectivity index (χ3n) is 6.21. The van der Waals surface area contributed by atoms with Crippen LogP contribution in [0.15, 0.2) is 30.3 Å². The monoisotopic (exact) mass is 352 g/mol. The van der Waals surface area contributed by atoms with E-state index in [1.54, 1.807) is 12.1 Å². The van der Waals surface area contributed by atoms with Gasteiger partial charge in [-0.1, -0.05) is 31.9 Å². The van der Waals surface area contributed by atoms with Crippen molar-refractivity contribution in [2.75, 3.05) is 18.0 Å². The highest BCUT2D eigenvalue weighted by Crippen LogP contribution is 2.34. The molecule has 2 heterocycles. The van der Waals surface area contributed by atoms with Crippen LogP contribution in [0.2, 0.25) is 0 Å². The number of fused-ring (bicyclic) bond motifs is 1. The van der Waals surface area contributed by atoms with Crippen LogP contribution in [0, 0.1) is 11.7 Å². The van der Waals surface area contributed by atoms with Crippen molar-refractivity contribution in [2.45, 2.75) is 58.3 Å². The second-order valence-electron chi connectivity index (χ2n) is 7.86. The molecule has 0 N–H and O–H groups in total. The minimum absolute atomic E-state index is 0.171. The predicted molar refractivity (Wildman–Crippen MR) is 106 cm³/mol. The predicted octanol–water partition coefficient (Wildman–Crippen LogP) is 5.78. The Morgan fingerprint density at radius 3 is 2.50 bits per heavy atom. The normalized spacial score (nSPS) is 18.5. The Balaban J connectivity index is 1.73. The summed E-state index contributed by atoms with van der Waals surface area (Å²) in [5.74, 6) is 1.82. The van der Waals surface area contributed by atoms with Gasteiger partial charge in [-0.25, -0.2) is 9.37 Å². The Morgan fingerprint density at radius 1 is 1.04 bits per heavy atom. The molecule has 2 nitrogen and oxygen atoms in total. The van der Waals surface area contributed by atoms with Crippen LogP contribution in [-0.2, 0) is 12.8 Å². The maximum absolute atomic E-state index is 13.4. The maximum atomic E-state index is 13.4. The molecular formula is C23H29FN2. The number of nitrogens with zero attached hydrogens (tertiary/aromatic N) is 2. The van der Waals surface area contributed by atoms with Gasteiger partial charge in [-0.05, 0) is 79.3 Å². The number of aromatic nitrogens is 1. The van der Waals surface area contributed by atoms with Crippen molar-refractivity contribution in [3.63, 3.8) is 0 Å². The number of aryl methyl sites for hydroxylation is 1. The summed E-state index contributed by atoms with van der Waals surface area (Å²) >= 11 is 0. The lowest BCUT2D eigenvalue weighted by Gasteiger charge is -2.33. The van der Waals surface area contributed by atoms with Crippen molar-refractivity contribution < 1.29 is 4.39 Å². The van der Waals surface area contributed by atoms with E-state index in [0.717, 1.165) is 43.2 Å². The average Bonchev–Trinajstić information content (AvgIpc) is 2.93. The highest BCUT2D eigenvalue weighted by molar-refractivity contribution is 5.72. The van der Waals surface area contributed by atoms with E-state index < -0.39 is 0 Å². The van der Waals surface area contributed by atoms with E-state index in [1.807, 2.05) is 12.1 Å². The van der Waals surface area contributed by atoms with Crippen molar-refractivity contribution in [3.05, 3.63) is 47.4 Å². The van der Waals surface area contributed by atoms with Gasteiger partial charge in [0.15, 0.2) is 0 Å². The first kappa shape index (κ1) is 17.5. The van der Waals surface area contributed by atoms with Crippen LogP contribution in [0.5, 0.6) is 0 Å². The highest BCUT2D eigenvalue weighted by Gasteiger charge is 2.22. The smallest absolute Gasteiger partial charge is 0.129 e. The molecule has 1 saturated heterocycles. The Bertz CT molecular complexity index is 746.